The molecular formula is C27H30N2O2. The molecule has 0 radical (unpaired) electrons. The van der Waals surface area contributed by atoms with E-state index in [2.05, 4.69) is 53.8 Å². The van der Waals surface area contributed by atoms with Gasteiger partial charge in [-0.1, -0.05) is 48.5 Å². The van der Waals surface area contributed by atoms with Crippen molar-refractivity contribution in [2.75, 3.05) is 19.6 Å². The van der Waals surface area contributed by atoms with Crippen molar-refractivity contribution >= 4 is 11.8 Å². The average Bonchev–Trinajstić information content (AvgIpc) is 3.68. The van der Waals surface area contributed by atoms with Gasteiger partial charge in [0.2, 0.25) is 11.8 Å². The Hall–Kier alpha value is -2.62. The summed E-state index contributed by atoms with van der Waals surface area (Å²) >= 11 is 0. The number of hydrogen-bond donors (Lipinski definition) is 1. The Morgan fingerprint density at radius 3 is 1.97 bits per heavy atom. The van der Waals surface area contributed by atoms with Crippen LogP contribution in [0.4, 0.5) is 0 Å². The molecule has 2 bridgehead atoms. The van der Waals surface area contributed by atoms with Gasteiger partial charge in [-0.05, 0) is 60.3 Å². The lowest BCUT2D eigenvalue weighted by atomic mass is 9.59. The minimum Gasteiger partial charge on any atom is -0.356 e. The first-order valence-corrected chi connectivity index (χ1v) is 11.9. The number of carbonyl (C=O) groups is 2. The Bertz CT molecular complexity index is 972. The van der Waals surface area contributed by atoms with E-state index in [-0.39, 0.29) is 17.7 Å². The predicted octanol–water partition coefficient (Wildman–Crippen LogP) is 4.05. The van der Waals surface area contributed by atoms with E-state index in [1.807, 2.05) is 4.90 Å². The summed E-state index contributed by atoms with van der Waals surface area (Å²) in [7, 11) is 0. The number of hydrogen-bond acceptors (Lipinski definition) is 2. The van der Waals surface area contributed by atoms with Crippen LogP contribution in [0.3, 0.4) is 0 Å². The van der Waals surface area contributed by atoms with Crippen LogP contribution in [0.5, 0.6) is 0 Å². The van der Waals surface area contributed by atoms with E-state index in [4.69, 9.17) is 0 Å². The molecule has 2 fully saturated rings. The summed E-state index contributed by atoms with van der Waals surface area (Å²) in [6.07, 6.45) is 4.80. The molecule has 160 valence electrons. The molecule has 7 rings (SSSR count). The van der Waals surface area contributed by atoms with E-state index in [9.17, 15) is 9.59 Å². The van der Waals surface area contributed by atoms with Crippen LogP contribution < -0.4 is 5.32 Å². The zero-order valence-corrected chi connectivity index (χ0v) is 17.9. The molecule has 1 heterocycles. The summed E-state index contributed by atoms with van der Waals surface area (Å²) < 4.78 is 0. The molecule has 2 aromatic rings. The first-order chi connectivity index (χ1) is 15.2. The van der Waals surface area contributed by atoms with Crippen molar-refractivity contribution in [2.24, 2.45) is 17.8 Å². The highest BCUT2D eigenvalue weighted by molar-refractivity contribution is 5.82. The van der Waals surface area contributed by atoms with Crippen LogP contribution in [-0.4, -0.2) is 36.3 Å². The summed E-state index contributed by atoms with van der Waals surface area (Å²) in [6, 6.07) is 17.7. The SMILES string of the molecule is O=C(NC[C@H]1CC2c3ccccc3C1c1ccccc12)C1CCN(C(=O)C2CC2)CC1. The Kier molecular flexibility index (Phi) is 4.62. The van der Waals surface area contributed by atoms with Gasteiger partial charge in [-0.3, -0.25) is 9.59 Å². The normalized spacial score (nSPS) is 26.8. The number of nitrogens with one attached hydrogen (secondary N) is 1. The number of piperidine rings is 1. The molecule has 1 saturated heterocycles. The first-order valence-electron chi connectivity index (χ1n) is 11.9. The van der Waals surface area contributed by atoms with Gasteiger partial charge >= 0.3 is 0 Å². The maximum Gasteiger partial charge on any atom is 0.225 e. The van der Waals surface area contributed by atoms with Gasteiger partial charge in [0.1, 0.15) is 0 Å². The van der Waals surface area contributed by atoms with Crippen molar-refractivity contribution in [1.29, 1.82) is 0 Å². The van der Waals surface area contributed by atoms with Gasteiger partial charge in [0, 0.05) is 43.3 Å². The fourth-order valence-electron chi connectivity index (χ4n) is 6.29. The second-order valence-electron chi connectivity index (χ2n) is 9.90. The number of fused-ring (bicyclic) bond motifs is 1. The molecule has 1 aliphatic heterocycles. The van der Waals surface area contributed by atoms with Gasteiger partial charge in [0.25, 0.3) is 0 Å². The van der Waals surface area contributed by atoms with Crippen LogP contribution in [0, 0.1) is 17.8 Å². The number of benzene rings is 2. The quantitative estimate of drug-likeness (QED) is 0.821. The second-order valence-corrected chi connectivity index (χ2v) is 9.90. The predicted molar refractivity (Wildman–Crippen MR) is 120 cm³/mol. The first kappa shape index (κ1) is 19.1. The van der Waals surface area contributed by atoms with E-state index < -0.39 is 0 Å². The van der Waals surface area contributed by atoms with Crippen molar-refractivity contribution in [1.82, 2.24) is 10.2 Å². The zero-order valence-electron chi connectivity index (χ0n) is 17.9. The largest absolute Gasteiger partial charge is 0.356 e. The Balaban J connectivity index is 1.12. The highest BCUT2D eigenvalue weighted by Gasteiger charge is 2.43. The molecular weight excluding hydrogens is 384 g/mol. The molecule has 0 spiro atoms. The third kappa shape index (κ3) is 3.28. The summed E-state index contributed by atoms with van der Waals surface area (Å²) in [5.41, 5.74) is 5.84. The zero-order chi connectivity index (χ0) is 20.9. The fraction of sp³-hybridized carbons (Fsp3) is 0.481. The van der Waals surface area contributed by atoms with Crippen molar-refractivity contribution < 1.29 is 9.59 Å². The molecule has 5 aliphatic rings. The maximum atomic E-state index is 12.9. The van der Waals surface area contributed by atoms with E-state index in [1.165, 1.54) is 22.3 Å². The molecule has 4 nitrogen and oxygen atoms in total. The summed E-state index contributed by atoms with van der Waals surface area (Å²) in [5, 5.41) is 3.31. The monoisotopic (exact) mass is 414 g/mol. The van der Waals surface area contributed by atoms with Gasteiger partial charge in [-0.2, -0.15) is 0 Å². The number of carbonyl (C=O) groups excluding carboxylic acids is 2. The van der Waals surface area contributed by atoms with Gasteiger partial charge in [-0.25, -0.2) is 0 Å². The number of rotatable bonds is 4. The van der Waals surface area contributed by atoms with Gasteiger partial charge in [0.05, 0.1) is 0 Å². The van der Waals surface area contributed by atoms with Crippen molar-refractivity contribution in [3.63, 3.8) is 0 Å². The van der Waals surface area contributed by atoms with Crippen LogP contribution >= 0.6 is 0 Å². The van der Waals surface area contributed by atoms with E-state index in [0.29, 0.717) is 23.7 Å². The lowest BCUT2D eigenvalue weighted by molar-refractivity contribution is -0.136. The smallest absolute Gasteiger partial charge is 0.225 e. The molecule has 0 aromatic heterocycles. The molecule has 1 saturated carbocycles. The summed E-state index contributed by atoms with van der Waals surface area (Å²) in [6.45, 7) is 2.22. The Labute approximate surface area is 184 Å². The van der Waals surface area contributed by atoms with E-state index in [0.717, 1.165) is 51.7 Å². The number of likely N-dealkylation sites (tertiary alicyclic amines) is 1. The number of nitrogens with zero attached hydrogens (tertiary/aromatic N) is 1. The molecule has 31 heavy (non-hydrogen) atoms. The molecule has 1 atom stereocenters. The molecule has 4 heteroatoms. The average molecular weight is 415 g/mol. The van der Waals surface area contributed by atoms with Gasteiger partial charge in [-0.15, -0.1) is 0 Å². The minimum atomic E-state index is 0.0450. The van der Waals surface area contributed by atoms with Crippen LogP contribution in [0.25, 0.3) is 0 Å². The lowest BCUT2D eigenvalue weighted by Crippen LogP contribution is -2.45. The molecule has 2 amide bonds. The molecule has 4 aliphatic carbocycles. The highest BCUT2D eigenvalue weighted by atomic mass is 16.2. The molecule has 0 unspecified atom stereocenters. The van der Waals surface area contributed by atoms with Crippen LogP contribution in [0.15, 0.2) is 48.5 Å². The van der Waals surface area contributed by atoms with Crippen molar-refractivity contribution in [3.8, 4) is 0 Å². The number of amides is 2. The van der Waals surface area contributed by atoms with Gasteiger partial charge in [0.15, 0.2) is 0 Å². The van der Waals surface area contributed by atoms with Crippen molar-refractivity contribution in [2.45, 2.75) is 43.9 Å². The van der Waals surface area contributed by atoms with Gasteiger partial charge < -0.3 is 10.2 Å². The second kappa shape index (κ2) is 7.51. The topological polar surface area (TPSA) is 49.4 Å². The van der Waals surface area contributed by atoms with Crippen LogP contribution in [0.2, 0.25) is 0 Å². The lowest BCUT2D eigenvalue weighted by Gasteiger charge is -2.45. The fourth-order valence-corrected chi connectivity index (χ4v) is 6.29. The summed E-state index contributed by atoms with van der Waals surface area (Å²) in [5.74, 6) is 2.07. The third-order valence-electron chi connectivity index (χ3n) is 8.07. The van der Waals surface area contributed by atoms with Crippen LogP contribution in [-0.2, 0) is 9.59 Å². The third-order valence-corrected chi connectivity index (χ3v) is 8.07. The maximum absolute atomic E-state index is 12.9. The summed E-state index contributed by atoms with van der Waals surface area (Å²) in [4.78, 5) is 27.2. The van der Waals surface area contributed by atoms with E-state index in [1.54, 1.807) is 0 Å². The standard InChI is InChI=1S/C27H30N2O2/c30-26(17-11-13-29(14-12-17)27(31)18-9-10-18)28-16-19-15-24-20-5-1-3-7-22(20)25(19)23-8-4-2-6-21(23)24/h1-8,17-19,24-25H,9-16H2,(H,28,30)/t19-,24?,25?/m1/s1. The highest BCUT2D eigenvalue weighted by Crippen LogP contribution is 2.55. The Morgan fingerprint density at radius 1 is 0.806 bits per heavy atom. The molecule has 1 N–H and O–H groups in total. The minimum absolute atomic E-state index is 0.0450. The van der Waals surface area contributed by atoms with Crippen molar-refractivity contribution in [3.05, 3.63) is 70.8 Å². The van der Waals surface area contributed by atoms with Crippen LogP contribution in [0.1, 0.15) is 66.2 Å². The van der Waals surface area contributed by atoms with E-state index >= 15 is 0 Å². The molecule has 2 aromatic carbocycles. The Morgan fingerprint density at radius 2 is 1.39 bits per heavy atom.